The van der Waals surface area contributed by atoms with E-state index in [-0.39, 0.29) is 17.6 Å². The lowest BCUT2D eigenvalue weighted by molar-refractivity contribution is -0.124. The molecule has 2 aliphatic rings. The van der Waals surface area contributed by atoms with E-state index in [1.165, 1.54) is 6.07 Å². The Labute approximate surface area is 134 Å². The zero-order valence-electron chi connectivity index (χ0n) is 13.6. The lowest BCUT2D eigenvalue weighted by Crippen LogP contribution is -2.43. The molecule has 2 fully saturated rings. The summed E-state index contributed by atoms with van der Waals surface area (Å²) in [6.07, 6.45) is 0. The molecule has 122 valence electrons. The summed E-state index contributed by atoms with van der Waals surface area (Å²) in [5, 5.41) is 11.3. The maximum atomic E-state index is 14.3. The van der Waals surface area contributed by atoms with E-state index >= 15 is 0 Å². The average Bonchev–Trinajstić information content (AvgIpc) is 2.81. The van der Waals surface area contributed by atoms with Crippen molar-refractivity contribution >= 4 is 16.8 Å². The monoisotopic (exact) mass is 316 g/mol. The maximum Gasteiger partial charge on any atom is 0.224 e. The number of carbonyl (C=O) groups excluding carboxylic acids is 1. The number of nitrogens with one attached hydrogen (secondary N) is 2. The maximum absolute atomic E-state index is 14.3. The topological polar surface area (TPSA) is 59.0 Å². The predicted octanol–water partition coefficient (Wildman–Crippen LogP) is 1.53. The van der Waals surface area contributed by atoms with Crippen LogP contribution >= 0.6 is 0 Å². The molecule has 1 amide bonds. The number of nitrogens with zero attached hydrogens (tertiary/aromatic N) is 2. The van der Waals surface area contributed by atoms with Crippen LogP contribution in [0.25, 0.3) is 10.9 Å². The van der Waals surface area contributed by atoms with E-state index in [9.17, 15) is 9.18 Å². The third-order valence-corrected chi connectivity index (χ3v) is 5.25. The summed E-state index contributed by atoms with van der Waals surface area (Å²) >= 11 is 0. The number of fused-ring (bicyclic) bond motifs is 2. The van der Waals surface area contributed by atoms with Crippen molar-refractivity contribution in [2.75, 3.05) is 13.1 Å². The Morgan fingerprint density at radius 3 is 2.78 bits per heavy atom. The molecule has 2 N–H and O–H groups in total. The highest BCUT2D eigenvalue weighted by Crippen LogP contribution is 2.49. The highest BCUT2D eigenvalue weighted by Gasteiger charge is 2.57. The van der Waals surface area contributed by atoms with Gasteiger partial charge in [0.1, 0.15) is 5.82 Å². The van der Waals surface area contributed by atoms with Crippen LogP contribution in [0.3, 0.4) is 0 Å². The standard InChI is InChI=1S/C17H21FN4O/c1-17(2,20-16(23)13-9-7-19-8-10(9)13)15-14-11(18)5-4-6-12(14)22(3)21-15/h4-6,9-10,13,19H,7-8H2,1-3H3,(H,20,23). The number of hydrogen-bond donors (Lipinski definition) is 2. The molecule has 1 aliphatic heterocycles. The van der Waals surface area contributed by atoms with E-state index in [4.69, 9.17) is 0 Å². The first-order valence-electron chi connectivity index (χ1n) is 8.04. The Morgan fingerprint density at radius 2 is 2.09 bits per heavy atom. The van der Waals surface area contributed by atoms with Crippen LogP contribution in [0.5, 0.6) is 0 Å². The molecule has 1 aromatic heterocycles. The lowest BCUT2D eigenvalue weighted by atomic mass is 9.96. The summed E-state index contributed by atoms with van der Waals surface area (Å²) in [7, 11) is 1.79. The van der Waals surface area contributed by atoms with E-state index in [0.29, 0.717) is 22.9 Å². The second-order valence-corrected chi connectivity index (χ2v) is 7.23. The molecule has 2 heterocycles. The minimum atomic E-state index is -0.719. The van der Waals surface area contributed by atoms with Gasteiger partial charge in [-0.15, -0.1) is 0 Å². The summed E-state index contributed by atoms with van der Waals surface area (Å²) in [4.78, 5) is 12.6. The minimum absolute atomic E-state index is 0.0571. The van der Waals surface area contributed by atoms with Gasteiger partial charge in [-0.25, -0.2) is 4.39 Å². The zero-order chi connectivity index (χ0) is 16.4. The van der Waals surface area contributed by atoms with Crippen LogP contribution in [0.4, 0.5) is 4.39 Å². The molecule has 2 unspecified atom stereocenters. The van der Waals surface area contributed by atoms with Gasteiger partial charge in [0, 0.05) is 13.0 Å². The number of aromatic nitrogens is 2. The molecule has 0 spiro atoms. The van der Waals surface area contributed by atoms with E-state index in [1.807, 2.05) is 19.9 Å². The summed E-state index contributed by atoms with van der Waals surface area (Å²) < 4.78 is 16.0. The van der Waals surface area contributed by atoms with Crippen molar-refractivity contribution in [2.24, 2.45) is 24.8 Å². The number of hydrogen-bond acceptors (Lipinski definition) is 3. The lowest BCUT2D eigenvalue weighted by Gasteiger charge is -2.25. The molecule has 5 nitrogen and oxygen atoms in total. The van der Waals surface area contributed by atoms with Crippen molar-refractivity contribution in [3.63, 3.8) is 0 Å². The first-order valence-corrected chi connectivity index (χ1v) is 8.04. The number of rotatable bonds is 3. The van der Waals surface area contributed by atoms with Crippen molar-refractivity contribution in [1.29, 1.82) is 0 Å². The van der Waals surface area contributed by atoms with Gasteiger partial charge in [-0.3, -0.25) is 9.48 Å². The van der Waals surface area contributed by atoms with Gasteiger partial charge in [-0.2, -0.15) is 5.10 Å². The highest BCUT2D eigenvalue weighted by atomic mass is 19.1. The molecule has 1 saturated heterocycles. The summed E-state index contributed by atoms with van der Waals surface area (Å²) in [6, 6.07) is 4.94. The van der Waals surface area contributed by atoms with Crippen molar-refractivity contribution < 1.29 is 9.18 Å². The van der Waals surface area contributed by atoms with Crippen molar-refractivity contribution in [1.82, 2.24) is 20.4 Å². The smallest absolute Gasteiger partial charge is 0.224 e. The second kappa shape index (κ2) is 4.77. The van der Waals surface area contributed by atoms with Gasteiger partial charge >= 0.3 is 0 Å². The SMILES string of the molecule is Cn1nc(C(C)(C)NC(=O)C2C3CNCC32)c2c(F)cccc21. The molecule has 2 aromatic rings. The summed E-state index contributed by atoms with van der Waals surface area (Å²) in [6.45, 7) is 5.61. The number of halogens is 1. The zero-order valence-corrected chi connectivity index (χ0v) is 13.6. The largest absolute Gasteiger partial charge is 0.345 e. The Hall–Kier alpha value is -1.95. The van der Waals surface area contributed by atoms with Crippen LogP contribution in [-0.2, 0) is 17.4 Å². The number of amides is 1. The van der Waals surface area contributed by atoms with Crippen molar-refractivity contribution in [3.8, 4) is 0 Å². The fourth-order valence-electron chi connectivity index (χ4n) is 3.97. The van der Waals surface area contributed by atoms with Crippen LogP contribution in [0.15, 0.2) is 18.2 Å². The van der Waals surface area contributed by atoms with Crippen LogP contribution in [-0.4, -0.2) is 28.8 Å². The van der Waals surface area contributed by atoms with E-state index < -0.39 is 5.54 Å². The van der Waals surface area contributed by atoms with Gasteiger partial charge in [0.2, 0.25) is 5.91 Å². The highest BCUT2D eigenvalue weighted by molar-refractivity contribution is 5.86. The quantitative estimate of drug-likeness (QED) is 0.903. The Morgan fingerprint density at radius 1 is 1.39 bits per heavy atom. The third-order valence-electron chi connectivity index (χ3n) is 5.25. The molecule has 1 aliphatic carbocycles. The molecular formula is C17H21FN4O. The fraction of sp³-hybridized carbons (Fsp3) is 0.529. The molecule has 0 bridgehead atoms. The molecule has 6 heteroatoms. The van der Waals surface area contributed by atoms with Gasteiger partial charge in [0.25, 0.3) is 0 Å². The van der Waals surface area contributed by atoms with Crippen LogP contribution < -0.4 is 10.6 Å². The van der Waals surface area contributed by atoms with Gasteiger partial charge in [-0.05, 0) is 50.9 Å². The first-order chi connectivity index (χ1) is 10.9. The number of piperidine rings is 1. The molecule has 1 saturated carbocycles. The fourth-order valence-corrected chi connectivity index (χ4v) is 3.97. The summed E-state index contributed by atoms with van der Waals surface area (Å²) in [5.41, 5.74) is 0.587. The number of aryl methyl sites for hydroxylation is 1. The van der Waals surface area contributed by atoms with Gasteiger partial charge < -0.3 is 10.6 Å². The molecule has 2 atom stereocenters. The Balaban J connectivity index is 1.65. The minimum Gasteiger partial charge on any atom is -0.345 e. The molecular weight excluding hydrogens is 295 g/mol. The van der Waals surface area contributed by atoms with E-state index in [0.717, 1.165) is 18.6 Å². The number of benzene rings is 1. The molecule has 0 radical (unpaired) electrons. The molecule has 4 rings (SSSR count). The normalized spacial score (nSPS) is 26.3. The van der Waals surface area contributed by atoms with Gasteiger partial charge in [0.05, 0.1) is 22.1 Å². The number of carbonyl (C=O) groups is 1. The third kappa shape index (κ3) is 2.16. The van der Waals surface area contributed by atoms with Crippen molar-refractivity contribution in [2.45, 2.75) is 19.4 Å². The predicted molar refractivity (Wildman–Crippen MR) is 85.2 cm³/mol. The van der Waals surface area contributed by atoms with Gasteiger partial charge in [0.15, 0.2) is 0 Å². The Bertz CT molecular complexity index is 787. The summed E-state index contributed by atoms with van der Waals surface area (Å²) in [5.74, 6) is 0.767. The van der Waals surface area contributed by atoms with Gasteiger partial charge in [-0.1, -0.05) is 6.07 Å². The average molecular weight is 316 g/mol. The van der Waals surface area contributed by atoms with E-state index in [2.05, 4.69) is 15.7 Å². The second-order valence-electron chi connectivity index (χ2n) is 7.23. The Kier molecular flexibility index (Phi) is 3.04. The van der Waals surface area contributed by atoms with Crippen LogP contribution in [0.1, 0.15) is 19.5 Å². The van der Waals surface area contributed by atoms with E-state index in [1.54, 1.807) is 17.8 Å². The molecule has 23 heavy (non-hydrogen) atoms. The van der Waals surface area contributed by atoms with Crippen LogP contribution in [0, 0.1) is 23.6 Å². The van der Waals surface area contributed by atoms with Crippen molar-refractivity contribution in [3.05, 3.63) is 29.7 Å². The van der Waals surface area contributed by atoms with Crippen LogP contribution in [0.2, 0.25) is 0 Å². The molecule has 1 aromatic carbocycles. The first kappa shape index (κ1) is 14.6.